The number of nitrogens with one attached hydrogen (secondary N) is 2. The first-order valence-corrected chi connectivity index (χ1v) is 11.3. The Balaban J connectivity index is 1.50. The van der Waals surface area contributed by atoms with Crippen LogP contribution in [-0.2, 0) is 11.2 Å². The molecule has 0 radical (unpaired) electrons. The van der Waals surface area contributed by atoms with E-state index < -0.39 is 0 Å². The highest BCUT2D eigenvalue weighted by molar-refractivity contribution is 6.06. The van der Waals surface area contributed by atoms with Crippen molar-refractivity contribution in [2.45, 2.75) is 39.7 Å². The van der Waals surface area contributed by atoms with Gasteiger partial charge in [-0.15, -0.1) is 0 Å². The summed E-state index contributed by atoms with van der Waals surface area (Å²) in [7, 11) is 0. The number of carbonyl (C=O) groups is 2. The van der Waals surface area contributed by atoms with Crippen LogP contribution in [0.25, 0.3) is 16.7 Å². The summed E-state index contributed by atoms with van der Waals surface area (Å²) < 4.78 is 15.3. The average Bonchev–Trinajstić information content (AvgIpc) is 3.15. The van der Waals surface area contributed by atoms with Crippen LogP contribution in [-0.4, -0.2) is 27.4 Å². The fourth-order valence-electron chi connectivity index (χ4n) is 3.78. The molecule has 1 aromatic heterocycles. The lowest BCUT2D eigenvalue weighted by molar-refractivity contribution is -0.121. The van der Waals surface area contributed by atoms with Crippen LogP contribution in [0.5, 0.6) is 0 Å². The van der Waals surface area contributed by atoms with Crippen LogP contribution in [0.2, 0.25) is 0 Å². The molecule has 4 rings (SSSR count). The van der Waals surface area contributed by atoms with Crippen LogP contribution < -0.4 is 10.6 Å². The third kappa shape index (κ3) is 5.14. The molecule has 0 aliphatic heterocycles. The molecule has 2 amide bonds. The van der Waals surface area contributed by atoms with Gasteiger partial charge in [0.25, 0.3) is 5.91 Å². The second-order valence-corrected chi connectivity index (χ2v) is 8.38. The Kier molecular flexibility index (Phi) is 6.72. The van der Waals surface area contributed by atoms with Crippen LogP contribution in [0.15, 0.2) is 66.7 Å². The number of aromatic nitrogens is 2. The van der Waals surface area contributed by atoms with Crippen LogP contribution in [0.1, 0.15) is 42.0 Å². The van der Waals surface area contributed by atoms with Crippen LogP contribution in [0.4, 0.5) is 10.1 Å². The number of hydrogen-bond donors (Lipinski definition) is 2. The Labute approximate surface area is 197 Å². The van der Waals surface area contributed by atoms with Crippen molar-refractivity contribution in [2.24, 2.45) is 0 Å². The maximum atomic E-state index is 13.4. The van der Waals surface area contributed by atoms with E-state index in [4.69, 9.17) is 0 Å². The molecular weight excluding hydrogens is 431 g/mol. The average molecular weight is 459 g/mol. The zero-order chi connectivity index (χ0) is 24.2. The Bertz CT molecular complexity index is 1330. The van der Waals surface area contributed by atoms with Gasteiger partial charge in [-0.25, -0.2) is 9.37 Å². The number of rotatable bonds is 7. The summed E-state index contributed by atoms with van der Waals surface area (Å²) in [6.07, 6.45) is 1.18. The molecule has 0 saturated heterocycles. The molecule has 34 heavy (non-hydrogen) atoms. The number of anilines is 1. The second kappa shape index (κ2) is 9.87. The molecule has 0 spiro atoms. The van der Waals surface area contributed by atoms with Gasteiger partial charge >= 0.3 is 0 Å². The molecular formula is C27H27FN4O2. The lowest BCUT2D eigenvalue weighted by Gasteiger charge is -2.11. The number of halogens is 1. The lowest BCUT2D eigenvalue weighted by Crippen LogP contribution is -2.33. The number of nitrogens with zero attached hydrogens (tertiary/aromatic N) is 2. The number of aryl methyl sites for hydroxylation is 1. The summed E-state index contributed by atoms with van der Waals surface area (Å²) in [5.74, 6) is 0.154. The number of carbonyl (C=O) groups excluding carboxylic acids is 2. The number of benzene rings is 3. The van der Waals surface area contributed by atoms with Gasteiger partial charge in [-0.1, -0.05) is 19.1 Å². The van der Waals surface area contributed by atoms with Crippen molar-refractivity contribution < 1.29 is 14.0 Å². The number of fused-ring (bicyclic) bond motifs is 1. The van der Waals surface area contributed by atoms with E-state index in [1.54, 1.807) is 42.5 Å². The molecule has 1 heterocycles. The first-order valence-electron chi connectivity index (χ1n) is 11.3. The minimum Gasteiger partial charge on any atom is -0.353 e. The third-order valence-electron chi connectivity index (χ3n) is 5.77. The predicted octanol–water partition coefficient (Wildman–Crippen LogP) is 5.18. The molecule has 3 aromatic carbocycles. The van der Waals surface area contributed by atoms with E-state index in [0.717, 1.165) is 34.5 Å². The summed E-state index contributed by atoms with van der Waals surface area (Å²) in [4.78, 5) is 29.6. The summed E-state index contributed by atoms with van der Waals surface area (Å²) in [6, 6.07) is 18.9. The maximum Gasteiger partial charge on any atom is 0.255 e. The summed E-state index contributed by atoms with van der Waals surface area (Å²) in [5, 5.41) is 5.85. The molecule has 0 fully saturated rings. The van der Waals surface area contributed by atoms with Crippen molar-refractivity contribution in [2.75, 3.05) is 5.32 Å². The molecule has 4 aromatic rings. The topological polar surface area (TPSA) is 76.0 Å². The fourth-order valence-corrected chi connectivity index (χ4v) is 3.78. The van der Waals surface area contributed by atoms with Crippen LogP contribution in [0, 0.1) is 12.7 Å². The number of amides is 2. The standard InChI is InChI=1S/C27H27FN4O2/c1-4-17(2)29-26(33)15-19-5-10-22(11-6-19)31-27(34)20-7-14-24-25(16-20)32(18(3)30-24)23-12-8-21(28)9-13-23/h5-14,16-17H,4,15H2,1-3H3,(H,29,33)(H,31,34). The van der Waals surface area contributed by atoms with E-state index in [0.29, 0.717) is 17.7 Å². The highest BCUT2D eigenvalue weighted by Gasteiger charge is 2.14. The normalized spacial score (nSPS) is 11.9. The van der Waals surface area contributed by atoms with Gasteiger partial charge in [-0.3, -0.25) is 14.2 Å². The Morgan fingerprint density at radius 3 is 2.41 bits per heavy atom. The van der Waals surface area contributed by atoms with Gasteiger partial charge in [0.1, 0.15) is 11.6 Å². The number of imidazole rings is 1. The van der Waals surface area contributed by atoms with E-state index in [1.165, 1.54) is 12.1 Å². The van der Waals surface area contributed by atoms with E-state index in [2.05, 4.69) is 15.6 Å². The van der Waals surface area contributed by atoms with Gasteiger partial charge in [0.2, 0.25) is 5.91 Å². The molecule has 174 valence electrons. The van der Waals surface area contributed by atoms with Crippen LogP contribution >= 0.6 is 0 Å². The van der Waals surface area contributed by atoms with Crippen molar-refractivity contribution in [1.82, 2.24) is 14.9 Å². The molecule has 0 aliphatic carbocycles. The largest absolute Gasteiger partial charge is 0.353 e. The van der Waals surface area contributed by atoms with Gasteiger partial charge < -0.3 is 10.6 Å². The molecule has 0 bridgehead atoms. The van der Waals surface area contributed by atoms with Gasteiger partial charge in [-0.05, 0) is 80.4 Å². The zero-order valence-electron chi connectivity index (χ0n) is 19.4. The Morgan fingerprint density at radius 1 is 1.03 bits per heavy atom. The maximum absolute atomic E-state index is 13.4. The highest BCUT2D eigenvalue weighted by Crippen LogP contribution is 2.23. The molecule has 1 unspecified atom stereocenters. The molecule has 6 nitrogen and oxygen atoms in total. The van der Waals surface area contributed by atoms with Gasteiger partial charge in [0.15, 0.2) is 0 Å². The van der Waals surface area contributed by atoms with Crippen molar-refractivity contribution in [3.8, 4) is 5.69 Å². The minimum absolute atomic E-state index is 0.0208. The monoisotopic (exact) mass is 458 g/mol. The molecule has 0 aliphatic rings. The lowest BCUT2D eigenvalue weighted by atomic mass is 10.1. The molecule has 1 atom stereocenters. The molecule has 7 heteroatoms. The van der Waals surface area contributed by atoms with Gasteiger partial charge in [0.05, 0.1) is 17.5 Å². The fraction of sp³-hybridized carbons (Fsp3) is 0.222. The Morgan fingerprint density at radius 2 is 1.74 bits per heavy atom. The predicted molar refractivity (Wildman–Crippen MR) is 132 cm³/mol. The summed E-state index contributed by atoms with van der Waals surface area (Å²) in [5.41, 5.74) is 4.27. The first-order chi connectivity index (χ1) is 16.3. The van der Waals surface area contributed by atoms with E-state index in [-0.39, 0.29) is 23.7 Å². The van der Waals surface area contributed by atoms with Crippen molar-refractivity contribution in [1.29, 1.82) is 0 Å². The van der Waals surface area contributed by atoms with E-state index in [9.17, 15) is 14.0 Å². The van der Waals surface area contributed by atoms with Crippen molar-refractivity contribution in [3.05, 3.63) is 89.5 Å². The summed E-state index contributed by atoms with van der Waals surface area (Å²) in [6.45, 7) is 5.87. The number of hydrogen-bond acceptors (Lipinski definition) is 3. The van der Waals surface area contributed by atoms with E-state index >= 15 is 0 Å². The Hall–Kier alpha value is -4.00. The highest BCUT2D eigenvalue weighted by atomic mass is 19.1. The second-order valence-electron chi connectivity index (χ2n) is 8.38. The van der Waals surface area contributed by atoms with Crippen molar-refractivity contribution >= 4 is 28.5 Å². The van der Waals surface area contributed by atoms with Crippen LogP contribution in [0.3, 0.4) is 0 Å². The van der Waals surface area contributed by atoms with Gasteiger partial charge in [0, 0.05) is 23.0 Å². The minimum atomic E-state index is -0.312. The third-order valence-corrected chi connectivity index (χ3v) is 5.77. The first kappa shape index (κ1) is 23.2. The SMILES string of the molecule is CCC(C)NC(=O)Cc1ccc(NC(=O)c2ccc3nc(C)n(-c4ccc(F)cc4)c3c2)cc1. The summed E-state index contributed by atoms with van der Waals surface area (Å²) >= 11 is 0. The molecule has 2 N–H and O–H groups in total. The quantitative estimate of drug-likeness (QED) is 0.401. The smallest absolute Gasteiger partial charge is 0.255 e. The van der Waals surface area contributed by atoms with Crippen molar-refractivity contribution in [3.63, 3.8) is 0 Å². The zero-order valence-corrected chi connectivity index (χ0v) is 19.4. The molecule has 0 saturated carbocycles. The van der Waals surface area contributed by atoms with Gasteiger partial charge in [-0.2, -0.15) is 0 Å². The van der Waals surface area contributed by atoms with E-state index in [1.807, 2.05) is 37.5 Å².